The minimum absolute atomic E-state index is 0.0309. The summed E-state index contributed by atoms with van der Waals surface area (Å²) in [6, 6.07) is 17.0. The van der Waals surface area contributed by atoms with Crippen molar-refractivity contribution in [2.45, 2.75) is 50.6 Å². The van der Waals surface area contributed by atoms with Crippen LogP contribution in [-0.2, 0) is 4.79 Å². The maximum absolute atomic E-state index is 13.8. The molecule has 1 aliphatic carbocycles. The van der Waals surface area contributed by atoms with E-state index in [4.69, 9.17) is 11.6 Å². The second-order valence-corrected chi connectivity index (χ2v) is 10.0. The highest BCUT2D eigenvalue weighted by Crippen LogP contribution is 2.47. The van der Waals surface area contributed by atoms with E-state index in [1.54, 1.807) is 11.3 Å². The van der Waals surface area contributed by atoms with Crippen molar-refractivity contribution >= 4 is 40.4 Å². The Morgan fingerprint density at radius 1 is 1.09 bits per heavy atom. The van der Waals surface area contributed by atoms with Gasteiger partial charge in [0.1, 0.15) is 0 Å². The zero-order valence-corrected chi connectivity index (χ0v) is 19.5. The molecule has 2 heterocycles. The van der Waals surface area contributed by atoms with Crippen LogP contribution in [0.3, 0.4) is 0 Å². The van der Waals surface area contributed by atoms with Gasteiger partial charge in [-0.3, -0.25) is 9.59 Å². The van der Waals surface area contributed by atoms with Crippen LogP contribution in [-0.4, -0.2) is 22.8 Å². The molecule has 0 saturated heterocycles. The van der Waals surface area contributed by atoms with Crippen molar-refractivity contribution in [2.24, 2.45) is 0 Å². The first-order valence-electron chi connectivity index (χ1n) is 11.1. The van der Waals surface area contributed by atoms with E-state index in [2.05, 4.69) is 5.32 Å². The van der Waals surface area contributed by atoms with Gasteiger partial charge in [-0.1, -0.05) is 54.8 Å². The van der Waals surface area contributed by atoms with Crippen LogP contribution in [0.4, 0.5) is 5.69 Å². The normalized spacial score (nSPS) is 20.9. The lowest BCUT2D eigenvalue weighted by Gasteiger charge is -2.44. The number of amides is 2. The minimum atomic E-state index is -0.513. The molecule has 1 aromatic heterocycles. The number of nitrogens with one attached hydrogen (secondary N) is 1. The molecule has 1 N–H and O–H groups in total. The highest BCUT2D eigenvalue weighted by molar-refractivity contribution is 7.10. The van der Waals surface area contributed by atoms with Crippen LogP contribution in [0.1, 0.15) is 64.0 Å². The number of thiophene rings is 1. The van der Waals surface area contributed by atoms with E-state index in [0.717, 1.165) is 41.7 Å². The van der Waals surface area contributed by atoms with Gasteiger partial charge in [0.15, 0.2) is 0 Å². The molecular weight excluding hydrogens is 440 g/mol. The summed E-state index contributed by atoms with van der Waals surface area (Å²) in [5, 5.41) is 5.59. The van der Waals surface area contributed by atoms with Crippen molar-refractivity contribution in [1.29, 1.82) is 0 Å². The van der Waals surface area contributed by atoms with Gasteiger partial charge < -0.3 is 10.2 Å². The average Bonchev–Trinajstić information content (AvgIpc) is 3.50. The van der Waals surface area contributed by atoms with Gasteiger partial charge in [0.2, 0.25) is 5.91 Å². The monoisotopic (exact) mass is 464 g/mol. The number of halogens is 1. The molecule has 3 aromatic rings. The molecule has 32 heavy (non-hydrogen) atoms. The second kappa shape index (κ2) is 8.72. The van der Waals surface area contributed by atoms with Crippen LogP contribution >= 0.6 is 22.9 Å². The Kier molecular flexibility index (Phi) is 5.78. The summed E-state index contributed by atoms with van der Waals surface area (Å²) in [5.41, 5.74) is 3.03. The highest BCUT2D eigenvalue weighted by atomic mass is 35.5. The molecule has 1 aliphatic heterocycles. The number of nitrogens with zero attached hydrogens (tertiary/aromatic N) is 1. The van der Waals surface area contributed by atoms with Crippen molar-refractivity contribution in [1.82, 2.24) is 4.90 Å². The maximum Gasteiger partial charge on any atom is 0.254 e. The van der Waals surface area contributed by atoms with E-state index >= 15 is 0 Å². The van der Waals surface area contributed by atoms with Crippen molar-refractivity contribution in [3.05, 3.63) is 86.6 Å². The van der Waals surface area contributed by atoms with Gasteiger partial charge >= 0.3 is 0 Å². The van der Waals surface area contributed by atoms with Gasteiger partial charge in [0, 0.05) is 16.5 Å². The van der Waals surface area contributed by atoms with Crippen LogP contribution in [0.15, 0.2) is 60.0 Å². The summed E-state index contributed by atoms with van der Waals surface area (Å²) < 4.78 is 0. The van der Waals surface area contributed by atoms with E-state index in [1.807, 2.05) is 71.8 Å². The number of benzene rings is 2. The number of hydrogen-bond acceptors (Lipinski definition) is 3. The lowest BCUT2D eigenvalue weighted by atomic mass is 9.80. The molecule has 2 atom stereocenters. The SMILES string of the molecule is Cc1ccc(NC(=O)[C@@H]2c3ccccc3C(=O)N(C3CCCC3)[C@H]2c2cccs2)c(Cl)c1. The summed E-state index contributed by atoms with van der Waals surface area (Å²) in [5.74, 6) is -0.624. The van der Waals surface area contributed by atoms with Crippen LogP contribution in [0, 0.1) is 6.92 Å². The van der Waals surface area contributed by atoms with Crippen molar-refractivity contribution < 1.29 is 9.59 Å². The Morgan fingerprint density at radius 2 is 1.88 bits per heavy atom. The van der Waals surface area contributed by atoms with Gasteiger partial charge in [-0.05, 0) is 60.5 Å². The largest absolute Gasteiger partial charge is 0.327 e. The fourth-order valence-electron chi connectivity index (χ4n) is 5.11. The molecule has 1 fully saturated rings. The summed E-state index contributed by atoms with van der Waals surface area (Å²) >= 11 is 8.03. The van der Waals surface area contributed by atoms with Crippen LogP contribution < -0.4 is 5.32 Å². The fraction of sp³-hybridized carbons (Fsp3) is 0.308. The molecule has 1 saturated carbocycles. The van der Waals surface area contributed by atoms with E-state index < -0.39 is 5.92 Å². The predicted molar refractivity (Wildman–Crippen MR) is 129 cm³/mol. The average molecular weight is 465 g/mol. The van der Waals surface area contributed by atoms with E-state index in [-0.39, 0.29) is 23.9 Å². The zero-order valence-electron chi connectivity index (χ0n) is 17.9. The Morgan fingerprint density at radius 3 is 2.59 bits per heavy atom. The lowest BCUT2D eigenvalue weighted by molar-refractivity contribution is -0.119. The maximum atomic E-state index is 13.8. The molecule has 6 heteroatoms. The summed E-state index contributed by atoms with van der Waals surface area (Å²) in [4.78, 5) is 30.6. The molecule has 5 rings (SSSR count). The van der Waals surface area contributed by atoms with E-state index in [1.165, 1.54) is 0 Å². The lowest BCUT2D eigenvalue weighted by Crippen LogP contribution is -2.49. The minimum Gasteiger partial charge on any atom is -0.327 e. The Balaban J connectivity index is 1.62. The number of carbonyl (C=O) groups is 2. The highest BCUT2D eigenvalue weighted by Gasteiger charge is 2.47. The fourth-order valence-corrected chi connectivity index (χ4v) is 6.25. The number of fused-ring (bicyclic) bond motifs is 1. The second-order valence-electron chi connectivity index (χ2n) is 8.65. The number of anilines is 1. The molecule has 164 valence electrons. The molecule has 4 nitrogen and oxygen atoms in total. The van der Waals surface area contributed by atoms with Gasteiger partial charge in [-0.15, -0.1) is 11.3 Å². The Labute approximate surface area is 197 Å². The molecule has 0 spiro atoms. The van der Waals surface area contributed by atoms with Crippen molar-refractivity contribution in [2.75, 3.05) is 5.32 Å². The molecule has 0 bridgehead atoms. The topological polar surface area (TPSA) is 49.4 Å². The molecule has 2 aliphatic rings. The van der Waals surface area contributed by atoms with Crippen molar-refractivity contribution in [3.8, 4) is 0 Å². The van der Waals surface area contributed by atoms with Gasteiger partial charge in [-0.2, -0.15) is 0 Å². The van der Waals surface area contributed by atoms with Crippen LogP contribution in [0.25, 0.3) is 0 Å². The summed E-state index contributed by atoms with van der Waals surface area (Å²) in [7, 11) is 0. The first-order valence-corrected chi connectivity index (χ1v) is 12.3. The molecule has 2 amide bonds. The van der Waals surface area contributed by atoms with Crippen LogP contribution in [0.5, 0.6) is 0 Å². The molecular formula is C26H25ClN2O2S. The third kappa shape index (κ3) is 3.74. The number of rotatable bonds is 4. The van der Waals surface area contributed by atoms with Crippen LogP contribution in [0.2, 0.25) is 5.02 Å². The molecule has 2 aromatic carbocycles. The van der Waals surface area contributed by atoms with E-state index in [0.29, 0.717) is 16.3 Å². The number of carbonyl (C=O) groups excluding carboxylic acids is 2. The van der Waals surface area contributed by atoms with E-state index in [9.17, 15) is 9.59 Å². The third-order valence-electron chi connectivity index (χ3n) is 6.59. The Bertz CT molecular complexity index is 1150. The third-order valence-corrected chi connectivity index (χ3v) is 7.85. The van der Waals surface area contributed by atoms with Crippen molar-refractivity contribution in [3.63, 3.8) is 0 Å². The number of aryl methyl sites for hydroxylation is 1. The van der Waals surface area contributed by atoms with Gasteiger partial charge in [0.25, 0.3) is 5.91 Å². The summed E-state index contributed by atoms with van der Waals surface area (Å²) in [6.45, 7) is 1.97. The smallest absolute Gasteiger partial charge is 0.254 e. The van der Waals surface area contributed by atoms with Gasteiger partial charge in [-0.25, -0.2) is 0 Å². The predicted octanol–water partition coefficient (Wildman–Crippen LogP) is 6.57. The molecule has 0 radical (unpaired) electrons. The standard InChI is InChI=1S/C26H25ClN2O2S/c1-16-12-13-21(20(27)15-16)28-25(30)23-18-9-4-5-10-19(18)26(31)29(17-7-2-3-8-17)24(23)22-11-6-14-32-22/h4-6,9-15,17,23-24H,2-3,7-8H2,1H3,(H,28,30)/t23-,24+/m1/s1. The zero-order chi connectivity index (χ0) is 22.2. The first-order chi connectivity index (χ1) is 15.5. The quantitative estimate of drug-likeness (QED) is 0.474. The molecule has 0 unspecified atom stereocenters. The van der Waals surface area contributed by atoms with Gasteiger partial charge in [0.05, 0.1) is 22.7 Å². The Hall–Kier alpha value is -2.63. The summed E-state index contributed by atoms with van der Waals surface area (Å²) in [6.07, 6.45) is 4.19. The first kappa shape index (κ1) is 21.2. The number of hydrogen-bond donors (Lipinski definition) is 1.